The Balaban J connectivity index is 2.19. The summed E-state index contributed by atoms with van der Waals surface area (Å²) in [7, 11) is 0. The van der Waals surface area contributed by atoms with Gasteiger partial charge in [-0.2, -0.15) is 0 Å². The number of benzene rings is 1. The van der Waals surface area contributed by atoms with Crippen molar-refractivity contribution in [2.45, 2.75) is 19.3 Å². The van der Waals surface area contributed by atoms with Gasteiger partial charge in [0.15, 0.2) is 0 Å². The molecule has 0 fully saturated rings. The number of aromatic amines is 1. The number of rotatable bonds is 4. The summed E-state index contributed by atoms with van der Waals surface area (Å²) in [5, 5.41) is 0. The maximum absolute atomic E-state index is 5.46. The van der Waals surface area contributed by atoms with Crippen molar-refractivity contribution in [2.24, 2.45) is 5.73 Å². The number of hydrogen-bond donors (Lipinski definition) is 2. The quantitative estimate of drug-likeness (QED) is 0.721. The molecule has 0 aliphatic carbocycles. The van der Waals surface area contributed by atoms with Crippen molar-refractivity contribution in [1.82, 2.24) is 9.97 Å². The summed E-state index contributed by atoms with van der Waals surface area (Å²) in [6.45, 7) is 0.774. The van der Waals surface area contributed by atoms with Gasteiger partial charge in [-0.25, -0.2) is 4.98 Å². The van der Waals surface area contributed by atoms with E-state index in [-0.39, 0.29) is 0 Å². The summed E-state index contributed by atoms with van der Waals surface area (Å²) in [5.41, 5.74) is 9.00. The molecule has 1 aromatic heterocycles. The van der Waals surface area contributed by atoms with Crippen LogP contribution in [0.5, 0.6) is 0 Å². The van der Waals surface area contributed by atoms with Crippen LogP contribution in [0, 0.1) is 0 Å². The predicted octanol–water partition coefficient (Wildman–Crippen LogP) is 1.84. The number of nitrogens with one attached hydrogen (secondary N) is 1. The van der Waals surface area contributed by atoms with Gasteiger partial charge in [0.05, 0.1) is 17.4 Å². The van der Waals surface area contributed by atoms with Gasteiger partial charge < -0.3 is 10.7 Å². The summed E-state index contributed by atoms with van der Waals surface area (Å²) >= 11 is 0. The molecule has 0 saturated carbocycles. The Bertz CT molecular complexity index is 406. The molecule has 0 atom stereocenters. The normalized spacial score (nSPS) is 10.9. The van der Waals surface area contributed by atoms with Crippen LogP contribution in [0.15, 0.2) is 24.5 Å². The number of aryl methyl sites for hydroxylation is 1. The number of para-hydroxylation sites is 1. The Hall–Kier alpha value is -1.35. The molecule has 0 amide bonds. The molecule has 74 valence electrons. The van der Waals surface area contributed by atoms with Crippen LogP contribution in [0.1, 0.15) is 18.4 Å². The van der Waals surface area contributed by atoms with Gasteiger partial charge in [-0.15, -0.1) is 0 Å². The first-order chi connectivity index (χ1) is 6.92. The molecule has 0 spiro atoms. The van der Waals surface area contributed by atoms with E-state index in [1.54, 1.807) is 6.33 Å². The van der Waals surface area contributed by atoms with Gasteiger partial charge in [0, 0.05) is 0 Å². The highest BCUT2D eigenvalue weighted by molar-refractivity contribution is 5.78. The predicted molar refractivity (Wildman–Crippen MR) is 58.1 cm³/mol. The lowest BCUT2D eigenvalue weighted by atomic mass is 10.1. The average molecular weight is 189 g/mol. The van der Waals surface area contributed by atoms with Crippen LogP contribution < -0.4 is 5.73 Å². The third-order valence-electron chi connectivity index (χ3n) is 2.43. The molecule has 0 aliphatic heterocycles. The highest BCUT2D eigenvalue weighted by Gasteiger charge is 2.01. The van der Waals surface area contributed by atoms with Crippen molar-refractivity contribution in [2.75, 3.05) is 6.54 Å². The fourth-order valence-corrected chi connectivity index (χ4v) is 1.69. The van der Waals surface area contributed by atoms with E-state index in [4.69, 9.17) is 5.73 Å². The van der Waals surface area contributed by atoms with Gasteiger partial charge in [-0.3, -0.25) is 0 Å². The third kappa shape index (κ3) is 1.77. The number of fused-ring (bicyclic) bond motifs is 1. The summed E-state index contributed by atoms with van der Waals surface area (Å²) < 4.78 is 0. The molecule has 0 radical (unpaired) electrons. The highest BCUT2D eigenvalue weighted by atomic mass is 14.9. The Morgan fingerprint density at radius 1 is 1.29 bits per heavy atom. The van der Waals surface area contributed by atoms with E-state index in [9.17, 15) is 0 Å². The zero-order chi connectivity index (χ0) is 9.80. The Morgan fingerprint density at radius 2 is 2.21 bits per heavy atom. The first-order valence-corrected chi connectivity index (χ1v) is 5.03. The van der Waals surface area contributed by atoms with Crippen LogP contribution in [0.2, 0.25) is 0 Å². The number of nitrogens with zero attached hydrogens (tertiary/aromatic N) is 1. The second-order valence-corrected chi connectivity index (χ2v) is 3.46. The Morgan fingerprint density at radius 3 is 3.07 bits per heavy atom. The van der Waals surface area contributed by atoms with Crippen LogP contribution in [0.25, 0.3) is 11.0 Å². The Labute approximate surface area is 83.3 Å². The van der Waals surface area contributed by atoms with Gasteiger partial charge in [-0.1, -0.05) is 12.1 Å². The number of unbranched alkanes of at least 4 members (excludes halogenated alkanes) is 1. The third-order valence-corrected chi connectivity index (χ3v) is 2.43. The fraction of sp³-hybridized carbons (Fsp3) is 0.364. The van der Waals surface area contributed by atoms with Crippen LogP contribution in [0.3, 0.4) is 0 Å². The molecule has 3 N–H and O–H groups in total. The molecule has 0 saturated heterocycles. The van der Waals surface area contributed by atoms with E-state index in [1.807, 2.05) is 0 Å². The molecule has 2 aromatic rings. The minimum atomic E-state index is 0.774. The maximum atomic E-state index is 5.46. The molecule has 0 aliphatic rings. The van der Waals surface area contributed by atoms with Crippen LogP contribution in [0.4, 0.5) is 0 Å². The topological polar surface area (TPSA) is 54.7 Å². The molecule has 2 rings (SSSR count). The van der Waals surface area contributed by atoms with E-state index < -0.39 is 0 Å². The van der Waals surface area contributed by atoms with Crippen molar-refractivity contribution < 1.29 is 0 Å². The van der Waals surface area contributed by atoms with Gasteiger partial charge in [0.2, 0.25) is 0 Å². The van der Waals surface area contributed by atoms with E-state index in [1.165, 1.54) is 5.56 Å². The molecular weight excluding hydrogens is 174 g/mol. The fourth-order valence-electron chi connectivity index (χ4n) is 1.69. The Kier molecular flexibility index (Phi) is 2.79. The van der Waals surface area contributed by atoms with Crippen molar-refractivity contribution in [1.29, 1.82) is 0 Å². The molecule has 0 unspecified atom stereocenters. The first-order valence-electron chi connectivity index (χ1n) is 5.03. The zero-order valence-electron chi connectivity index (χ0n) is 8.16. The molecule has 3 heteroatoms. The monoisotopic (exact) mass is 189 g/mol. The van der Waals surface area contributed by atoms with E-state index >= 15 is 0 Å². The number of aromatic nitrogens is 2. The number of nitrogens with two attached hydrogens (primary N) is 1. The molecule has 3 nitrogen and oxygen atoms in total. The lowest BCUT2D eigenvalue weighted by molar-refractivity contribution is 0.747. The minimum Gasteiger partial charge on any atom is -0.345 e. The summed E-state index contributed by atoms with van der Waals surface area (Å²) in [5.74, 6) is 0. The molecule has 1 heterocycles. The van der Waals surface area contributed by atoms with Crippen molar-refractivity contribution in [3.63, 3.8) is 0 Å². The molecular formula is C11H15N3. The maximum Gasteiger partial charge on any atom is 0.0931 e. The van der Waals surface area contributed by atoms with Crippen LogP contribution in [-0.2, 0) is 6.42 Å². The van der Waals surface area contributed by atoms with E-state index in [2.05, 4.69) is 28.2 Å². The SMILES string of the molecule is NCCCCc1cccc2[nH]cnc12. The van der Waals surface area contributed by atoms with Crippen molar-refractivity contribution >= 4 is 11.0 Å². The van der Waals surface area contributed by atoms with E-state index in [0.717, 1.165) is 36.8 Å². The smallest absolute Gasteiger partial charge is 0.0931 e. The molecule has 0 bridgehead atoms. The summed E-state index contributed by atoms with van der Waals surface area (Å²) in [6.07, 6.45) is 5.04. The van der Waals surface area contributed by atoms with Crippen LogP contribution in [-0.4, -0.2) is 16.5 Å². The van der Waals surface area contributed by atoms with E-state index in [0.29, 0.717) is 0 Å². The van der Waals surface area contributed by atoms with Crippen molar-refractivity contribution in [3.05, 3.63) is 30.1 Å². The van der Waals surface area contributed by atoms with Crippen molar-refractivity contribution in [3.8, 4) is 0 Å². The molecule has 1 aromatic carbocycles. The number of imidazole rings is 1. The van der Waals surface area contributed by atoms with Gasteiger partial charge in [-0.05, 0) is 37.4 Å². The largest absolute Gasteiger partial charge is 0.345 e. The van der Waals surface area contributed by atoms with Gasteiger partial charge in [0.1, 0.15) is 0 Å². The highest BCUT2D eigenvalue weighted by Crippen LogP contribution is 2.16. The lowest BCUT2D eigenvalue weighted by Crippen LogP contribution is -1.99. The van der Waals surface area contributed by atoms with Gasteiger partial charge in [0.25, 0.3) is 0 Å². The zero-order valence-corrected chi connectivity index (χ0v) is 8.16. The minimum absolute atomic E-state index is 0.774. The van der Waals surface area contributed by atoms with Gasteiger partial charge >= 0.3 is 0 Å². The second-order valence-electron chi connectivity index (χ2n) is 3.46. The second kappa shape index (κ2) is 4.24. The molecule has 14 heavy (non-hydrogen) atoms. The van der Waals surface area contributed by atoms with Crippen LogP contribution >= 0.6 is 0 Å². The summed E-state index contributed by atoms with van der Waals surface area (Å²) in [6, 6.07) is 6.26. The number of H-pyrrole nitrogens is 1. The summed E-state index contributed by atoms with van der Waals surface area (Å²) in [4.78, 5) is 7.43. The average Bonchev–Trinajstić information content (AvgIpc) is 2.67. The first kappa shape index (κ1) is 9.21. The standard InChI is InChI=1S/C11H15N3/c12-7-2-1-4-9-5-3-6-10-11(9)14-8-13-10/h3,5-6,8H,1-2,4,7,12H2,(H,13,14). The number of hydrogen-bond acceptors (Lipinski definition) is 2. The lowest BCUT2D eigenvalue weighted by Gasteiger charge is -2.01.